The van der Waals surface area contributed by atoms with Crippen molar-refractivity contribution in [2.75, 3.05) is 6.61 Å². The van der Waals surface area contributed by atoms with E-state index in [2.05, 4.69) is 131 Å². The van der Waals surface area contributed by atoms with Crippen LogP contribution in [0.4, 0.5) is 0 Å². The normalized spacial score (nSPS) is 14.6. The Balaban J connectivity index is 1.75. The molecule has 1 nitrogen and oxygen atoms in total. The van der Waals surface area contributed by atoms with E-state index >= 15 is 0 Å². The van der Waals surface area contributed by atoms with Gasteiger partial charge in [-0.1, -0.05) is 142 Å². The summed E-state index contributed by atoms with van der Waals surface area (Å²) in [6, 6.07) is 20.5. The van der Waals surface area contributed by atoms with Gasteiger partial charge in [0.2, 0.25) is 0 Å². The minimum absolute atomic E-state index is 0.0292. The quantitative estimate of drug-likeness (QED) is 0.209. The second-order valence-corrected chi connectivity index (χ2v) is 18.2. The zero-order valence-electron chi connectivity index (χ0n) is 27.1. The van der Waals surface area contributed by atoms with Crippen molar-refractivity contribution in [2.24, 2.45) is 0 Å². The highest BCUT2D eigenvalue weighted by Gasteiger charge is 2.32. The van der Waals surface area contributed by atoms with Gasteiger partial charge in [0.25, 0.3) is 0 Å². The minimum Gasteiger partial charge on any atom is -0.489 e. The molecule has 3 aromatic carbocycles. The predicted molar refractivity (Wildman–Crippen MR) is 179 cm³/mol. The number of hydrogen-bond acceptors (Lipinski definition) is 1. The topological polar surface area (TPSA) is 9.23 Å². The Morgan fingerprint density at radius 1 is 0.775 bits per heavy atom. The lowest BCUT2D eigenvalue weighted by Crippen LogP contribution is -2.32. The molecule has 0 fully saturated rings. The Kier molecular flexibility index (Phi) is 8.36. The number of benzene rings is 3. The van der Waals surface area contributed by atoms with Crippen molar-refractivity contribution in [3.8, 4) is 16.9 Å². The van der Waals surface area contributed by atoms with E-state index in [1.807, 2.05) is 6.08 Å². The summed E-state index contributed by atoms with van der Waals surface area (Å²) in [5, 5.41) is 1.47. The molecule has 0 saturated carbocycles. The number of ether oxygens (including phenoxy) is 1. The summed E-state index contributed by atoms with van der Waals surface area (Å²) in [7, 11) is -1.31. The van der Waals surface area contributed by atoms with Crippen LogP contribution in [-0.2, 0) is 16.2 Å². The molecule has 1 aliphatic carbocycles. The van der Waals surface area contributed by atoms with Gasteiger partial charge in [-0.3, -0.25) is 0 Å². The molecule has 3 aromatic rings. The highest BCUT2D eigenvalue weighted by Crippen LogP contribution is 2.49. The molecule has 4 rings (SSSR count). The Hall–Kier alpha value is -2.58. The van der Waals surface area contributed by atoms with E-state index in [0.29, 0.717) is 12.5 Å². The summed E-state index contributed by atoms with van der Waals surface area (Å²) in [4.78, 5) is 0. The van der Waals surface area contributed by atoms with Crippen molar-refractivity contribution in [3.63, 3.8) is 0 Å². The van der Waals surface area contributed by atoms with Crippen molar-refractivity contribution in [2.45, 2.75) is 110 Å². The predicted octanol–water partition coefficient (Wildman–Crippen LogP) is 9.72. The van der Waals surface area contributed by atoms with Crippen LogP contribution in [0, 0.1) is 6.92 Å². The van der Waals surface area contributed by atoms with Crippen LogP contribution in [-0.4, -0.2) is 15.4 Å². The molecular weight excluding hydrogens is 501 g/mol. The number of aryl methyl sites for hydroxylation is 1. The van der Waals surface area contributed by atoms with Crippen LogP contribution in [0.3, 0.4) is 0 Å². The molecule has 0 spiro atoms. The number of fused-ring (bicyclic) bond motifs is 3. The van der Waals surface area contributed by atoms with E-state index in [0.717, 1.165) is 5.75 Å². The van der Waals surface area contributed by atoms with Gasteiger partial charge in [0.15, 0.2) is 0 Å². The molecule has 0 bridgehead atoms. The first-order chi connectivity index (χ1) is 18.5. The van der Waals surface area contributed by atoms with Crippen LogP contribution in [0.5, 0.6) is 5.75 Å². The average molecular weight is 553 g/mol. The molecule has 0 radical (unpaired) electrons. The van der Waals surface area contributed by atoms with E-state index in [4.69, 9.17) is 4.74 Å². The second kappa shape index (κ2) is 11.0. The third-order valence-electron chi connectivity index (χ3n) is 8.71. The van der Waals surface area contributed by atoms with E-state index in [-0.39, 0.29) is 16.2 Å². The molecule has 0 aliphatic heterocycles. The summed E-state index contributed by atoms with van der Waals surface area (Å²) >= 11 is 0. The third kappa shape index (κ3) is 6.18. The highest BCUT2D eigenvalue weighted by atomic mass is 28.3. The Morgan fingerprint density at radius 2 is 1.30 bits per heavy atom. The van der Waals surface area contributed by atoms with E-state index in [1.54, 1.807) is 0 Å². The molecule has 0 aromatic heterocycles. The van der Waals surface area contributed by atoms with Gasteiger partial charge in [0.1, 0.15) is 12.4 Å². The average Bonchev–Trinajstić information content (AvgIpc) is 3.16. The van der Waals surface area contributed by atoms with Crippen LogP contribution in [0.25, 0.3) is 11.1 Å². The summed E-state index contributed by atoms with van der Waals surface area (Å²) in [5.41, 5.74) is 11.7. The number of rotatable bonds is 7. The lowest BCUT2D eigenvalue weighted by atomic mass is 9.83. The SMILES string of the molecule is C=CCOc1c([SiH](C)CCC2c3cc(C(C)(C)C)ccc3-c3ccc(C(C)(C)C)cc32)cc(C)cc1C(C)(C)C. The summed E-state index contributed by atoms with van der Waals surface area (Å²) in [5.74, 6) is 1.56. The van der Waals surface area contributed by atoms with E-state index in [9.17, 15) is 0 Å². The molecule has 214 valence electrons. The van der Waals surface area contributed by atoms with Gasteiger partial charge in [-0.2, -0.15) is 0 Å². The van der Waals surface area contributed by atoms with Crippen LogP contribution < -0.4 is 9.92 Å². The van der Waals surface area contributed by atoms with Gasteiger partial charge in [-0.25, -0.2) is 0 Å². The highest BCUT2D eigenvalue weighted by molar-refractivity contribution is 6.73. The number of hydrogen-bond donors (Lipinski definition) is 0. The van der Waals surface area contributed by atoms with Crippen molar-refractivity contribution < 1.29 is 4.74 Å². The van der Waals surface area contributed by atoms with Crippen LogP contribution in [0.2, 0.25) is 12.6 Å². The molecule has 0 heterocycles. The summed E-state index contributed by atoms with van der Waals surface area (Å²) in [6.07, 6.45) is 3.04. The molecule has 1 aliphatic rings. The summed E-state index contributed by atoms with van der Waals surface area (Å²) < 4.78 is 6.43. The van der Waals surface area contributed by atoms with Gasteiger partial charge >= 0.3 is 0 Å². The third-order valence-corrected chi connectivity index (χ3v) is 11.4. The molecule has 0 N–H and O–H groups in total. The van der Waals surface area contributed by atoms with Gasteiger partial charge in [-0.15, -0.1) is 0 Å². The Morgan fingerprint density at radius 3 is 1.75 bits per heavy atom. The standard InChI is InChI=1S/C38H52OSi/c1-13-19-39-35-33(38(9,10)11)21-25(2)22-34(35)40(12)20-18-30-31-23-26(36(3,4)5)14-16-28(31)29-17-15-27(24-32(29)30)37(6,7)8/h13-17,21-24,30,40H,1,18-20H2,2-12H3. The van der Waals surface area contributed by atoms with Crippen molar-refractivity contribution >= 4 is 14.0 Å². The maximum absolute atomic E-state index is 6.43. The van der Waals surface area contributed by atoms with E-state index < -0.39 is 8.80 Å². The molecule has 0 amide bonds. The monoisotopic (exact) mass is 552 g/mol. The fourth-order valence-electron chi connectivity index (χ4n) is 6.20. The fraction of sp³-hybridized carbons (Fsp3) is 0.474. The first-order valence-corrected chi connectivity index (χ1v) is 17.7. The molecule has 1 unspecified atom stereocenters. The smallest absolute Gasteiger partial charge is 0.122 e. The van der Waals surface area contributed by atoms with Crippen molar-refractivity contribution in [1.29, 1.82) is 0 Å². The first kappa shape index (κ1) is 30.4. The van der Waals surface area contributed by atoms with Crippen LogP contribution >= 0.6 is 0 Å². The Labute approximate surface area is 246 Å². The largest absolute Gasteiger partial charge is 0.489 e. The fourth-order valence-corrected chi connectivity index (χ4v) is 8.58. The maximum atomic E-state index is 6.43. The summed E-state index contributed by atoms with van der Waals surface area (Å²) in [6.45, 7) is 30.1. The minimum atomic E-state index is -1.31. The first-order valence-electron chi connectivity index (χ1n) is 15.2. The zero-order chi connectivity index (χ0) is 29.6. The molecule has 2 heteroatoms. The maximum Gasteiger partial charge on any atom is 0.122 e. The molecule has 0 saturated heterocycles. The Bertz CT molecular complexity index is 1330. The molecule has 1 atom stereocenters. The van der Waals surface area contributed by atoms with Gasteiger partial charge in [-0.05, 0) is 73.7 Å². The zero-order valence-corrected chi connectivity index (χ0v) is 28.2. The van der Waals surface area contributed by atoms with Gasteiger partial charge < -0.3 is 4.74 Å². The van der Waals surface area contributed by atoms with E-state index in [1.165, 1.54) is 62.2 Å². The second-order valence-electron chi connectivity index (χ2n) is 15.2. The van der Waals surface area contributed by atoms with Crippen LogP contribution in [0.1, 0.15) is 108 Å². The molecule has 40 heavy (non-hydrogen) atoms. The van der Waals surface area contributed by atoms with Gasteiger partial charge in [0, 0.05) is 5.92 Å². The lowest BCUT2D eigenvalue weighted by Gasteiger charge is -2.28. The van der Waals surface area contributed by atoms with Crippen molar-refractivity contribution in [3.05, 3.63) is 94.6 Å². The van der Waals surface area contributed by atoms with Crippen molar-refractivity contribution in [1.82, 2.24) is 0 Å². The van der Waals surface area contributed by atoms with Crippen LogP contribution in [0.15, 0.2) is 61.2 Å². The molecular formula is C38H52OSi. The lowest BCUT2D eigenvalue weighted by molar-refractivity contribution is 0.354. The van der Waals surface area contributed by atoms with Gasteiger partial charge in [0.05, 0.1) is 8.80 Å².